The van der Waals surface area contributed by atoms with Gasteiger partial charge >= 0.3 is 0 Å². The summed E-state index contributed by atoms with van der Waals surface area (Å²) in [5, 5.41) is 9.51. The van der Waals surface area contributed by atoms with Crippen molar-refractivity contribution in [2.45, 2.75) is 20.0 Å². The minimum Gasteiger partial charge on any atom is -0.467 e. The van der Waals surface area contributed by atoms with Crippen LogP contribution in [0.2, 0.25) is 0 Å². The summed E-state index contributed by atoms with van der Waals surface area (Å²) in [6.07, 6.45) is 1.59. The molecule has 2 heterocycles. The number of ether oxygens (including phenoxy) is 1. The Kier molecular flexibility index (Phi) is 8.74. The number of nitrogens with one attached hydrogen (secondary N) is 3. The van der Waals surface area contributed by atoms with E-state index < -0.39 is 0 Å². The van der Waals surface area contributed by atoms with Gasteiger partial charge in [-0.2, -0.15) is 0 Å². The second kappa shape index (κ2) is 12.0. The standard InChI is InChI=1S/C22H31N5O3/c1-2-23-22(24-8-9-27-10-13-29-14-11-27)26-16-18-5-3-6-19(15-18)21(28)25-17-20-7-4-12-30-20/h3-7,12,15H,2,8-11,13-14,16-17H2,1H3,(H,25,28)(H2,23,24,26). The minimum absolute atomic E-state index is 0.132. The van der Waals surface area contributed by atoms with Crippen molar-refractivity contribution in [1.82, 2.24) is 20.9 Å². The van der Waals surface area contributed by atoms with Gasteiger partial charge < -0.3 is 25.1 Å². The van der Waals surface area contributed by atoms with Crippen molar-refractivity contribution in [2.24, 2.45) is 4.99 Å². The fourth-order valence-corrected chi connectivity index (χ4v) is 3.16. The summed E-state index contributed by atoms with van der Waals surface area (Å²) in [6, 6.07) is 11.2. The first kappa shape index (κ1) is 21.9. The highest BCUT2D eigenvalue weighted by atomic mass is 16.5. The molecule has 8 heteroatoms. The molecule has 0 spiro atoms. The van der Waals surface area contributed by atoms with Gasteiger partial charge in [0, 0.05) is 38.3 Å². The minimum atomic E-state index is -0.132. The molecule has 0 saturated carbocycles. The predicted molar refractivity (Wildman–Crippen MR) is 116 cm³/mol. The van der Waals surface area contributed by atoms with Crippen molar-refractivity contribution in [3.63, 3.8) is 0 Å². The van der Waals surface area contributed by atoms with Crippen LogP contribution in [0.1, 0.15) is 28.6 Å². The summed E-state index contributed by atoms with van der Waals surface area (Å²) in [5.74, 6) is 1.37. The van der Waals surface area contributed by atoms with Gasteiger partial charge in [-0.3, -0.25) is 9.69 Å². The van der Waals surface area contributed by atoms with E-state index in [9.17, 15) is 4.79 Å². The number of aliphatic imine (C=N–C) groups is 1. The molecule has 8 nitrogen and oxygen atoms in total. The second-order valence-corrected chi connectivity index (χ2v) is 7.04. The molecule has 1 fully saturated rings. The summed E-state index contributed by atoms with van der Waals surface area (Å²) in [7, 11) is 0. The van der Waals surface area contributed by atoms with Gasteiger partial charge in [-0.25, -0.2) is 4.99 Å². The van der Waals surface area contributed by atoms with Crippen LogP contribution in [-0.4, -0.2) is 62.7 Å². The van der Waals surface area contributed by atoms with E-state index in [1.165, 1.54) is 0 Å². The fourth-order valence-electron chi connectivity index (χ4n) is 3.16. The number of rotatable bonds is 9. The van der Waals surface area contributed by atoms with Crippen molar-refractivity contribution in [3.05, 3.63) is 59.5 Å². The van der Waals surface area contributed by atoms with Crippen molar-refractivity contribution >= 4 is 11.9 Å². The van der Waals surface area contributed by atoms with Crippen LogP contribution in [0.15, 0.2) is 52.1 Å². The summed E-state index contributed by atoms with van der Waals surface area (Å²) in [6.45, 7) is 9.04. The third-order valence-corrected chi connectivity index (χ3v) is 4.78. The molecular formula is C22H31N5O3. The third kappa shape index (κ3) is 7.20. The smallest absolute Gasteiger partial charge is 0.251 e. The monoisotopic (exact) mass is 413 g/mol. The molecule has 1 aromatic heterocycles. The molecule has 1 saturated heterocycles. The van der Waals surface area contributed by atoms with E-state index in [0.29, 0.717) is 18.7 Å². The van der Waals surface area contributed by atoms with Gasteiger partial charge in [0.2, 0.25) is 0 Å². The largest absolute Gasteiger partial charge is 0.467 e. The second-order valence-electron chi connectivity index (χ2n) is 7.04. The molecule has 0 aliphatic carbocycles. The highest BCUT2D eigenvalue weighted by Gasteiger charge is 2.10. The Hall–Kier alpha value is -2.84. The van der Waals surface area contributed by atoms with Crippen molar-refractivity contribution in [2.75, 3.05) is 45.9 Å². The van der Waals surface area contributed by atoms with Crippen LogP contribution in [0, 0.1) is 0 Å². The van der Waals surface area contributed by atoms with Gasteiger partial charge in [-0.15, -0.1) is 0 Å². The van der Waals surface area contributed by atoms with Gasteiger partial charge in [0.1, 0.15) is 5.76 Å². The number of furan rings is 1. The number of carbonyl (C=O) groups excluding carboxylic acids is 1. The number of amides is 1. The molecule has 1 aliphatic rings. The molecule has 2 aromatic rings. The normalized spacial score (nSPS) is 15.0. The molecule has 3 N–H and O–H groups in total. The Morgan fingerprint density at radius 1 is 1.13 bits per heavy atom. The van der Waals surface area contributed by atoms with Gasteiger partial charge in [-0.05, 0) is 36.8 Å². The average Bonchev–Trinajstić information content (AvgIpc) is 3.30. The van der Waals surface area contributed by atoms with Crippen LogP contribution >= 0.6 is 0 Å². The van der Waals surface area contributed by atoms with Crippen LogP contribution in [0.4, 0.5) is 0 Å². The number of carbonyl (C=O) groups is 1. The molecule has 0 unspecified atom stereocenters. The zero-order valence-corrected chi connectivity index (χ0v) is 17.5. The molecule has 1 aliphatic heterocycles. The van der Waals surface area contributed by atoms with Gasteiger partial charge in [0.25, 0.3) is 5.91 Å². The molecule has 1 aromatic carbocycles. The zero-order valence-electron chi connectivity index (χ0n) is 17.5. The Bertz CT molecular complexity index is 801. The van der Waals surface area contributed by atoms with E-state index in [2.05, 4.69) is 25.8 Å². The van der Waals surface area contributed by atoms with Crippen molar-refractivity contribution in [1.29, 1.82) is 0 Å². The number of hydrogen-bond donors (Lipinski definition) is 3. The Balaban J connectivity index is 1.50. The number of hydrogen-bond acceptors (Lipinski definition) is 5. The molecule has 0 atom stereocenters. The Morgan fingerprint density at radius 2 is 2.00 bits per heavy atom. The number of morpholine rings is 1. The first-order valence-electron chi connectivity index (χ1n) is 10.5. The molecule has 3 rings (SSSR count). The zero-order chi connectivity index (χ0) is 21.0. The van der Waals surface area contributed by atoms with Gasteiger partial charge in [0.15, 0.2) is 5.96 Å². The maximum Gasteiger partial charge on any atom is 0.251 e. The lowest BCUT2D eigenvalue weighted by molar-refractivity contribution is 0.0389. The molecule has 0 bridgehead atoms. The summed E-state index contributed by atoms with van der Waals surface area (Å²) in [5.41, 5.74) is 1.59. The van der Waals surface area contributed by atoms with Crippen LogP contribution in [0.25, 0.3) is 0 Å². The summed E-state index contributed by atoms with van der Waals surface area (Å²) < 4.78 is 10.6. The topological polar surface area (TPSA) is 91.1 Å². The fraction of sp³-hybridized carbons (Fsp3) is 0.455. The number of nitrogens with zero attached hydrogens (tertiary/aromatic N) is 2. The van der Waals surface area contributed by atoms with E-state index >= 15 is 0 Å². The molecular weight excluding hydrogens is 382 g/mol. The van der Waals surface area contributed by atoms with E-state index in [0.717, 1.165) is 63.2 Å². The summed E-state index contributed by atoms with van der Waals surface area (Å²) in [4.78, 5) is 19.4. The number of benzene rings is 1. The highest BCUT2D eigenvalue weighted by molar-refractivity contribution is 5.94. The quantitative estimate of drug-likeness (QED) is 0.427. The van der Waals surface area contributed by atoms with E-state index in [1.54, 1.807) is 18.4 Å². The van der Waals surface area contributed by atoms with Crippen LogP contribution in [0.3, 0.4) is 0 Å². The van der Waals surface area contributed by atoms with E-state index in [4.69, 9.17) is 9.15 Å². The van der Waals surface area contributed by atoms with Gasteiger partial charge in [-0.1, -0.05) is 12.1 Å². The maximum absolute atomic E-state index is 12.4. The Labute approximate surface area is 177 Å². The highest BCUT2D eigenvalue weighted by Crippen LogP contribution is 2.08. The molecule has 162 valence electrons. The SMILES string of the molecule is CCNC(=NCc1cccc(C(=O)NCc2ccco2)c1)NCCN1CCOCC1. The van der Waals surface area contributed by atoms with E-state index in [-0.39, 0.29) is 5.91 Å². The van der Waals surface area contributed by atoms with E-state index in [1.807, 2.05) is 31.2 Å². The van der Waals surface area contributed by atoms with Gasteiger partial charge in [0.05, 0.1) is 32.6 Å². The lowest BCUT2D eigenvalue weighted by atomic mass is 10.1. The summed E-state index contributed by atoms with van der Waals surface area (Å²) >= 11 is 0. The van der Waals surface area contributed by atoms with Crippen LogP contribution < -0.4 is 16.0 Å². The lowest BCUT2D eigenvalue weighted by Crippen LogP contribution is -2.44. The maximum atomic E-state index is 12.4. The Morgan fingerprint density at radius 3 is 2.77 bits per heavy atom. The number of guanidine groups is 1. The van der Waals surface area contributed by atoms with Crippen molar-refractivity contribution < 1.29 is 13.9 Å². The average molecular weight is 414 g/mol. The molecule has 1 amide bonds. The predicted octanol–water partition coefficient (Wildman–Crippen LogP) is 1.60. The van der Waals surface area contributed by atoms with Crippen LogP contribution in [-0.2, 0) is 17.8 Å². The van der Waals surface area contributed by atoms with Crippen LogP contribution in [0.5, 0.6) is 0 Å². The first-order valence-corrected chi connectivity index (χ1v) is 10.5. The lowest BCUT2D eigenvalue weighted by Gasteiger charge is -2.26. The van der Waals surface area contributed by atoms with Crippen molar-refractivity contribution in [3.8, 4) is 0 Å². The first-order chi connectivity index (χ1) is 14.7. The molecule has 30 heavy (non-hydrogen) atoms. The third-order valence-electron chi connectivity index (χ3n) is 4.78. The molecule has 0 radical (unpaired) electrons.